The SMILES string of the molecule is CCO[C@H]1[C@@H](O)[C@H](n2ccc(N)nc2=O)O[C@@H]1CO. The molecule has 0 amide bonds. The third kappa shape index (κ3) is 2.61. The van der Waals surface area contributed by atoms with Crippen LogP contribution in [0.15, 0.2) is 17.1 Å². The molecule has 4 N–H and O–H groups in total. The number of nitrogen functional groups attached to an aromatic ring is 1. The number of aliphatic hydroxyl groups excluding tert-OH is 2. The zero-order valence-electron chi connectivity index (χ0n) is 10.5. The molecule has 0 aliphatic carbocycles. The van der Waals surface area contributed by atoms with Gasteiger partial charge < -0.3 is 25.4 Å². The van der Waals surface area contributed by atoms with Crippen LogP contribution in [0.25, 0.3) is 0 Å². The fourth-order valence-electron chi connectivity index (χ4n) is 2.11. The van der Waals surface area contributed by atoms with Crippen molar-refractivity contribution in [3.05, 3.63) is 22.7 Å². The Bertz CT molecular complexity index is 491. The highest BCUT2D eigenvalue weighted by molar-refractivity contribution is 5.23. The topological polar surface area (TPSA) is 120 Å². The molecule has 1 aromatic heterocycles. The maximum absolute atomic E-state index is 11.7. The zero-order chi connectivity index (χ0) is 14.0. The lowest BCUT2D eigenvalue weighted by molar-refractivity contribution is -0.0605. The van der Waals surface area contributed by atoms with Crippen molar-refractivity contribution in [2.45, 2.75) is 31.5 Å². The lowest BCUT2D eigenvalue weighted by Gasteiger charge is -2.19. The molecular weight excluding hydrogens is 254 g/mol. The normalized spacial score (nSPS) is 30.7. The van der Waals surface area contributed by atoms with Crippen LogP contribution in [-0.2, 0) is 9.47 Å². The van der Waals surface area contributed by atoms with E-state index in [0.717, 1.165) is 4.57 Å². The number of hydrogen-bond donors (Lipinski definition) is 3. The zero-order valence-corrected chi connectivity index (χ0v) is 10.5. The summed E-state index contributed by atoms with van der Waals surface area (Å²) in [6.45, 7) is 1.82. The summed E-state index contributed by atoms with van der Waals surface area (Å²) in [4.78, 5) is 15.3. The van der Waals surface area contributed by atoms with E-state index in [4.69, 9.17) is 15.2 Å². The van der Waals surface area contributed by atoms with E-state index >= 15 is 0 Å². The van der Waals surface area contributed by atoms with E-state index in [-0.39, 0.29) is 12.4 Å². The van der Waals surface area contributed by atoms with Crippen LogP contribution in [-0.4, -0.2) is 51.3 Å². The molecule has 1 aliphatic heterocycles. The largest absolute Gasteiger partial charge is 0.394 e. The highest BCUT2D eigenvalue weighted by Gasteiger charge is 2.45. The molecule has 0 unspecified atom stereocenters. The summed E-state index contributed by atoms with van der Waals surface area (Å²) in [5.41, 5.74) is 4.77. The average molecular weight is 271 g/mol. The molecule has 8 nitrogen and oxygen atoms in total. The van der Waals surface area contributed by atoms with E-state index in [2.05, 4.69) is 4.98 Å². The summed E-state index contributed by atoms with van der Waals surface area (Å²) in [5, 5.41) is 19.4. The number of anilines is 1. The molecule has 19 heavy (non-hydrogen) atoms. The van der Waals surface area contributed by atoms with E-state index < -0.39 is 30.2 Å². The Hall–Kier alpha value is -1.48. The molecule has 1 aliphatic rings. The second kappa shape index (κ2) is 5.66. The minimum Gasteiger partial charge on any atom is -0.394 e. The summed E-state index contributed by atoms with van der Waals surface area (Å²) in [5.74, 6) is 0.0915. The number of hydrogen-bond acceptors (Lipinski definition) is 7. The Kier molecular flexibility index (Phi) is 4.15. The summed E-state index contributed by atoms with van der Waals surface area (Å²) >= 11 is 0. The van der Waals surface area contributed by atoms with Gasteiger partial charge in [-0.15, -0.1) is 0 Å². The van der Waals surface area contributed by atoms with E-state index in [9.17, 15) is 15.0 Å². The van der Waals surface area contributed by atoms with Gasteiger partial charge in [0.2, 0.25) is 0 Å². The van der Waals surface area contributed by atoms with Crippen LogP contribution in [0.3, 0.4) is 0 Å². The molecule has 106 valence electrons. The van der Waals surface area contributed by atoms with Crippen LogP contribution >= 0.6 is 0 Å². The number of aromatic nitrogens is 2. The first-order valence-electron chi connectivity index (χ1n) is 5.99. The first kappa shape index (κ1) is 13.9. The van der Waals surface area contributed by atoms with Gasteiger partial charge in [-0.25, -0.2) is 4.79 Å². The molecular formula is C11H17N3O5. The molecule has 4 atom stereocenters. The Balaban J connectivity index is 2.28. The first-order chi connectivity index (χ1) is 9.08. The van der Waals surface area contributed by atoms with E-state index in [0.29, 0.717) is 6.61 Å². The number of rotatable bonds is 4. The van der Waals surface area contributed by atoms with Gasteiger partial charge in [-0.05, 0) is 13.0 Å². The summed E-state index contributed by atoms with van der Waals surface area (Å²) in [7, 11) is 0. The fourth-order valence-corrected chi connectivity index (χ4v) is 2.11. The van der Waals surface area contributed by atoms with Crippen LogP contribution in [0.4, 0.5) is 5.82 Å². The minimum atomic E-state index is -1.07. The molecule has 0 saturated carbocycles. The average Bonchev–Trinajstić information content (AvgIpc) is 2.68. The maximum Gasteiger partial charge on any atom is 0.351 e. The summed E-state index contributed by atoms with van der Waals surface area (Å²) in [6, 6.07) is 1.43. The lowest BCUT2D eigenvalue weighted by atomic mass is 10.1. The predicted octanol–water partition coefficient (Wildman–Crippen LogP) is -1.52. The van der Waals surface area contributed by atoms with E-state index in [1.165, 1.54) is 12.3 Å². The van der Waals surface area contributed by atoms with Crippen molar-refractivity contribution in [1.29, 1.82) is 0 Å². The molecule has 0 bridgehead atoms. The number of aliphatic hydroxyl groups is 2. The molecule has 1 aromatic rings. The maximum atomic E-state index is 11.7. The van der Waals surface area contributed by atoms with Crippen molar-refractivity contribution >= 4 is 5.82 Å². The molecule has 0 aromatic carbocycles. The van der Waals surface area contributed by atoms with Crippen molar-refractivity contribution < 1.29 is 19.7 Å². The van der Waals surface area contributed by atoms with Gasteiger partial charge in [0, 0.05) is 12.8 Å². The van der Waals surface area contributed by atoms with Crippen LogP contribution in [0.5, 0.6) is 0 Å². The highest BCUT2D eigenvalue weighted by atomic mass is 16.6. The third-order valence-corrected chi connectivity index (χ3v) is 2.97. The molecule has 8 heteroatoms. The Labute approximate surface area is 109 Å². The monoisotopic (exact) mass is 271 g/mol. The van der Waals surface area contributed by atoms with Crippen molar-refractivity contribution in [2.75, 3.05) is 18.9 Å². The molecule has 0 radical (unpaired) electrons. The van der Waals surface area contributed by atoms with E-state index in [1.807, 2.05) is 0 Å². The molecule has 2 rings (SSSR count). The molecule has 0 spiro atoms. The second-order valence-electron chi connectivity index (χ2n) is 4.20. The quantitative estimate of drug-likeness (QED) is 0.608. The van der Waals surface area contributed by atoms with E-state index in [1.54, 1.807) is 6.92 Å². The molecule has 1 saturated heterocycles. The van der Waals surface area contributed by atoms with Gasteiger partial charge >= 0.3 is 5.69 Å². The Morgan fingerprint density at radius 3 is 2.95 bits per heavy atom. The van der Waals surface area contributed by atoms with Gasteiger partial charge in [-0.3, -0.25) is 4.57 Å². The highest BCUT2D eigenvalue weighted by Crippen LogP contribution is 2.30. The summed E-state index contributed by atoms with van der Waals surface area (Å²) < 4.78 is 11.9. The third-order valence-electron chi connectivity index (χ3n) is 2.97. The number of nitrogens with zero attached hydrogens (tertiary/aromatic N) is 2. The molecule has 1 fully saturated rings. The molecule has 2 heterocycles. The van der Waals surface area contributed by atoms with Crippen LogP contribution in [0.1, 0.15) is 13.2 Å². The Morgan fingerprint density at radius 2 is 2.37 bits per heavy atom. The number of ether oxygens (including phenoxy) is 2. The van der Waals surface area contributed by atoms with Gasteiger partial charge in [0.15, 0.2) is 6.23 Å². The van der Waals surface area contributed by atoms with Gasteiger partial charge in [0.05, 0.1) is 6.61 Å². The minimum absolute atomic E-state index is 0.0915. The van der Waals surface area contributed by atoms with Crippen LogP contribution in [0, 0.1) is 0 Å². The van der Waals surface area contributed by atoms with Crippen LogP contribution < -0.4 is 11.4 Å². The van der Waals surface area contributed by atoms with Crippen molar-refractivity contribution in [3.63, 3.8) is 0 Å². The second-order valence-corrected chi connectivity index (χ2v) is 4.20. The van der Waals surface area contributed by atoms with Gasteiger partial charge in [-0.2, -0.15) is 4.98 Å². The number of nitrogens with two attached hydrogens (primary N) is 1. The van der Waals surface area contributed by atoms with Gasteiger partial charge in [-0.1, -0.05) is 0 Å². The first-order valence-corrected chi connectivity index (χ1v) is 5.99. The van der Waals surface area contributed by atoms with Crippen molar-refractivity contribution in [3.8, 4) is 0 Å². The van der Waals surface area contributed by atoms with Gasteiger partial charge in [0.25, 0.3) is 0 Å². The van der Waals surface area contributed by atoms with Crippen molar-refractivity contribution in [2.24, 2.45) is 0 Å². The fraction of sp³-hybridized carbons (Fsp3) is 0.636. The lowest BCUT2D eigenvalue weighted by Crippen LogP contribution is -2.38. The van der Waals surface area contributed by atoms with Crippen LogP contribution in [0.2, 0.25) is 0 Å². The standard InChI is InChI=1S/C11H17N3O5/c1-2-18-9-6(5-15)19-10(8(9)16)14-4-3-7(12)13-11(14)17/h3-4,6,8-10,15-16H,2,5H2,1H3,(H2,12,13,17)/t6-,8-,9-,10-/m1/s1. The van der Waals surface area contributed by atoms with Crippen molar-refractivity contribution in [1.82, 2.24) is 9.55 Å². The Morgan fingerprint density at radius 1 is 1.63 bits per heavy atom. The van der Waals surface area contributed by atoms with Gasteiger partial charge in [0.1, 0.15) is 24.1 Å². The predicted molar refractivity (Wildman–Crippen MR) is 65.3 cm³/mol. The smallest absolute Gasteiger partial charge is 0.351 e. The summed E-state index contributed by atoms with van der Waals surface area (Å²) in [6.07, 6.45) is -2.01.